The van der Waals surface area contributed by atoms with E-state index >= 15 is 0 Å². The molecule has 0 amide bonds. The van der Waals surface area contributed by atoms with Gasteiger partial charge in [0.15, 0.2) is 11.5 Å². The third-order valence-electron chi connectivity index (χ3n) is 3.88. The summed E-state index contributed by atoms with van der Waals surface area (Å²) in [6, 6.07) is 12.1. The molecule has 0 atom stereocenters. The molecule has 0 radical (unpaired) electrons. The van der Waals surface area contributed by atoms with Crippen LogP contribution in [0.15, 0.2) is 47.4 Å². The van der Waals surface area contributed by atoms with Crippen molar-refractivity contribution in [1.29, 1.82) is 0 Å². The molecule has 0 N–H and O–H groups in total. The van der Waals surface area contributed by atoms with Gasteiger partial charge in [-0.3, -0.25) is 4.31 Å². The van der Waals surface area contributed by atoms with Crippen LogP contribution in [0.3, 0.4) is 0 Å². The summed E-state index contributed by atoms with van der Waals surface area (Å²) >= 11 is 0. The summed E-state index contributed by atoms with van der Waals surface area (Å²) < 4.78 is 37.7. The molecule has 5 nitrogen and oxygen atoms in total. The molecule has 0 saturated carbocycles. The predicted molar refractivity (Wildman–Crippen MR) is 88.8 cm³/mol. The van der Waals surface area contributed by atoms with Gasteiger partial charge in [-0.05, 0) is 36.2 Å². The number of ether oxygens (including phenoxy) is 2. The maximum absolute atomic E-state index is 12.8. The number of hydrogen-bond donors (Lipinski definition) is 0. The van der Waals surface area contributed by atoms with Crippen LogP contribution in [0.25, 0.3) is 0 Å². The summed E-state index contributed by atoms with van der Waals surface area (Å²) in [6.07, 6.45) is 0.873. The first-order chi connectivity index (χ1) is 11.0. The van der Waals surface area contributed by atoms with Crippen molar-refractivity contribution in [3.63, 3.8) is 0 Å². The standard InChI is InChI=1S/C17H19NO4S/c1-3-13-4-7-15(8-5-13)23(19,20)18(2)14-6-9-16-17(12-14)22-11-10-21-16/h4-9,12H,3,10-11H2,1-2H3. The monoisotopic (exact) mass is 333 g/mol. The fourth-order valence-electron chi connectivity index (χ4n) is 2.42. The quantitative estimate of drug-likeness (QED) is 0.863. The minimum atomic E-state index is -3.61. The molecule has 0 aliphatic carbocycles. The van der Waals surface area contributed by atoms with Crippen molar-refractivity contribution in [2.24, 2.45) is 0 Å². The van der Waals surface area contributed by atoms with Gasteiger partial charge in [0.1, 0.15) is 13.2 Å². The van der Waals surface area contributed by atoms with Crippen LogP contribution in [0.2, 0.25) is 0 Å². The van der Waals surface area contributed by atoms with Gasteiger partial charge in [-0.15, -0.1) is 0 Å². The van der Waals surface area contributed by atoms with Gasteiger partial charge in [-0.2, -0.15) is 0 Å². The number of fused-ring (bicyclic) bond motifs is 1. The summed E-state index contributed by atoms with van der Waals surface area (Å²) in [5.74, 6) is 1.20. The molecule has 6 heteroatoms. The summed E-state index contributed by atoms with van der Waals surface area (Å²) in [7, 11) is -2.07. The SMILES string of the molecule is CCc1ccc(S(=O)(=O)N(C)c2ccc3c(c2)OCCO3)cc1. The van der Waals surface area contributed by atoms with E-state index in [1.54, 1.807) is 30.3 Å². The third-order valence-corrected chi connectivity index (χ3v) is 5.68. The number of benzene rings is 2. The second-order valence-corrected chi connectivity index (χ2v) is 7.27. The van der Waals surface area contributed by atoms with E-state index in [4.69, 9.17) is 9.47 Å². The number of anilines is 1. The molecule has 0 bridgehead atoms. The second kappa shape index (κ2) is 6.12. The Hall–Kier alpha value is -2.21. The van der Waals surface area contributed by atoms with Gasteiger partial charge in [0.25, 0.3) is 10.0 Å². The van der Waals surface area contributed by atoms with E-state index in [1.807, 2.05) is 19.1 Å². The lowest BCUT2D eigenvalue weighted by Crippen LogP contribution is -2.26. The van der Waals surface area contributed by atoms with Crippen molar-refractivity contribution in [2.75, 3.05) is 24.6 Å². The molecular weight excluding hydrogens is 314 g/mol. The van der Waals surface area contributed by atoms with E-state index in [0.717, 1.165) is 12.0 Å². The lowest BCUT2D eigenvalue weighted by molar-refractivity contribution is 0.171. The van der Waals surface area contributed by atoms with Crippen molar-refractivity contribution in [3.8, 4) is 11.5 Å². The third kappa shape index (κ3) is 2.99. The average molecular weight is 333 g/mol. The Bertz CT molecular complexity index is 800. The Labute approximate surface area is 136 Å². The van der Waals surface area contributed by atoms with E-state index in [0.29, 0.717) is 30.4 Å². The number of rotatable bonds is 4. The van der Waals surface area contributed by atoms with Gasteiger partial charge in [-0.25, -0.2) is 8.42 Å². The molecule has 23 heavy (non-hydrogen) atoms. The number of sulfonamides is 1. The van der Waals surface area contributed by atoms with Crippen LogP contribution in [0.1, 0.15) is 12.5 Å². The maximum atomic E-state index is 12.8. The van der Waals surface area contributed by atoms with Crippen LogP contribution >= 0.6 is 0 Å². The number of nitrogens with zero attached hydrogens (tertiary/aromatic N) is 1. The van der Waals surface area contributed by atoms with Crippen molar-refractivity contribution in [2.45, 2.75) is 18.2 Å². The van der Waals surface area contributed by atoms with Crippen molar-refractivity contribution in [3.05, 3.63) is 48.0 Å². The van der Waals surface area contributed by atoms with Crippen LogP contribution in [-0.2, 0) is 16.4 Å². The Morgan fingerprint density at radius 1 is 1.00 bits per heavy atom. The molecule has 2 aromatic carbocycles. The van der Waals surface area contributed by atoms with Crippen LogP contribution in [0, 0.1) is 0 Å². The highest BCUT2D eigenvalue weighted by Gasteiger charge is 2.23. The zero-order valence-electron chi connectivity index (χ0n) is 13.2. The molecule has 0 fully saturated rings. The van der Waals surface area contributed by atoms with Gasteiger partial charge in [0.05, 0.1) is 10.6 Å². The molecule has 1 heterocycles. The fourth-order valence-corrected chi connectivity index (χ4v) is 3.61. The van der Waals surface area contributed by atoms with E-state index < -0.39 is 10.0 Å². The van der Waals surface area contributed by atoms with Crippen LogP contribution in [0.4, 0.5) is 5.69 Å². The molecule has 0 aromatic heterocycles. The molecule has 122 valence electrons. The molecule has 3 rings (SSSR count). The van der Waals surface area contributed by atoms with Gasteiger partial charge >= 0.3 is 0 Å². The lowest BCUT2D eigenvalue weighted by Gasteiger charge is -2.23. The molecule has 0 unspecified atom stereocenters. The zero-order chi connectivity index (χ0) is 16.4. The van der Waals surface area contributed by atoms with Crippen LogP contribution in [0.5, 0.6) is 11.5 Å². The Kier molecular flexibility index (Phi) is 4.17. The van der Waals surface area contributed by atoms with Crippen molar-refractivity contribution in [1.82, 2.24) is 0 Å². The maximum Gasteiger partial charge on any atom is 0.264 e. The summed E-state index contributed by atoms with van der Waals surface area (Å²) in [5, 5.41) is 0. The minimum Gasteiger partial charge on any atom is -0.486 e. The Morgan fingerprint density at radius 3 is 2.30 bits per heavy atom. The highest BCUT2D eigenvalue weighted by atomic mass is 32.2. The van der Waals surface area contributed by atoms with E-state index in [-0.39, 0.29) is 4.90 Å². The van der Waals surface area contributed by atoms with Gasteiger partial charge < -0.3 is 9.47 Å². The lowest BCUT2D eigenvalue weighted by atomic mass is 10.2. The summed E-state index contributed by atoms with van der Waals surface area (Å²) in [5.41, 5.74) is 1.64. The molecule has 0 saturated heterocycles. The predicted octanol–water partition coefficient (Wildman–Crippen LogP) is 2.85. The first-order valence-electron chi connectivity index (χ1n) is 7.50. The second-order valence-electron chi connectivity index (χ2n) is 5.30. The van der Waals surface area contributed by atoms with Crippen molar-refractivity contribution < 1.29 is 17.9 Å². The fraction of sp³-hybridized carbons (Fsp3) is 0.294. The molecular formula is C17H19NO4S. The molecule has 1 aliphatic heterocycles. The first-order valence-corrected chi connectivity index (χ1v) is 8.94. The first kappa shape index (κ1) is 15.7. The topological polar surface area (TPSA) is 55.8 Å². The number of hydrogen-bond acceptors (Lipinski definition) is 4. The van der Waals surface area contributed by atoms with Crippen LogP contribution in [-0.4, -0.2) is 28.7 Å². The average Bonchev–Trinajstić information content (AvgIpc) is 2.60. The van der Waals surface area contributed by atoms with Gasteiger partial charge in [0.2, 0.25) is 0 Å². The molecule has 1 aliphatic rings. The van der Waals surface area contributed by atoms with Crippen molar-refractivity contribution >= 4 is 15.7 Å². The van der Waals surface area contributed by atoms with Gasteiger partial charge in [0, 0.05) is 13.1 Å². The van der Waals surface area contributed by atoms with Crippen LogP contribution < -0.4 is 13.8 Å². The number of aryl methyl sites for hydroxylation is 1. The Morgan fingerprint density at radius 2 is 1.65 bits per heavy atom. The van der Waals surface area contributed by atoms with E-state index in [1.165, 1.54) is 11.4 Å². The van der Waals surface area contributed by atoms with Gasteiger partial charge in [-0.1, -0.05) is 19.1 Å². The smallest absolute Gasteiger partial charge is 0.264 e. The summed E-state index contributed by atoms with van der Waals surface area (Å²) in [4.78, 5) is 0.270. The zero-order valence-corrected chi connectivity index (χ0v) is 14.0. The summed E-state index contributed by atoms with van der Waals surface area (Å²) in [6.45, 7) is 3.00. The van der Waals surface area contributed by atoms with E-state index in [9.17, 15) is 8.42 Å². The highest BCUT2D eigenvalue weighted by Crippen LogP contribution is 2.35. The highest BCUT2D eigenvalue weighted by molar-refractivity contribution is 7.92. The van der Waals surface area contributed by atoms with E-state index in [2.05, 4.69) is 0 Å². The minimum absolute atomic E-state index is 0.270. The molecule has 0 spiro atoms. The largest absolute Gasteiger partial charge is 0.486 e. The normalized spacial score (nSPS) is 13.7. The Balaban J connectivity index is 1.92. The molecule has 2 aromatic rings.